The first-order valence-electron chi connectivity index (χ1n) is 10.0. The first kappa shape index (κ1) is 19.7. The van der Waals surface area contributed by atoms with E-state index in [2.05, 4.69) is 19.2 Å². The number of fused-ring (bicyclic) bond motifs is 1. The van der Waals surface area contributed by atoms with Gasteiger partial charge in [0.25, 0.3) is 11.8 Å². The average Bonchev–Trinajstić information content (AvgIpc) is 2.96. The van der Waals surface area contributed by atoms with Gasteiger partial charge in [-0.1, -0.05) is 62.4 Å². The quantitative estimate of drug-likeness (QED) is 0.610. The summed E-state index contributed by atoms with van der Waals surface area (Å²) in [6, 6.07) is 21.1. The molecule has 1 N–H and O–H groups in total. The molecule has 5 heteroatoms. The molecule has 0 aliphatic carbocycles. The molecule has 30 heavy (non-hydrogen) atoms. The van der Waals surface area contributed by atoms with Gasteiger partial charge in [-0.05, 0) is 35.1 Å². The predicted octanol–water partition coefficient (Wildman–Crippen LogP) is 4.70. The second-order valence-corrected chi connectivity index (χ2v) is 7.80. The maximum atomic E-state index is 12.9. The fraction of sp³-hybridized carbons (Fsp3) is 0.200. The Morgan fingerprint density at radius 1 is 0.900 bits per heavy atom. The van der Waals surface area contributed by atoms with Gasteiger partial charge in [-0.3, -0.25) is 14.5 Å². The van der Waals surface area contributed by atoms with Crippen LogP contribution in [0.25, 0.3) is 16.3 Å². The van der Waals surface area contributed by atoms with E-state index in [1.54, 1.807) is 0 Å². The number of carbonyl (C=O) groups excluding carboxylic acids is 2. The fourth-order valence-electron chi connectivity index (χ4n) is 3.48. The molecule has 5 nitrogen and oxygen atoms in total. The Kier molecular flexibility index (Phi) is 5.27. The summed E-state index contributed by atoms with van der Waals surface area (Å²) in [5.74, 6) is 0.495. The lowest BCUT2D eigenvalue weighted by molar-refractivity contribution is -0.135. The molecule has 0 unspecified atom stereocenters. The van der Waals surface area contributed by atoms with Crippen molar-refractivity contribution in [2.75, 3.05) is 19.0 Å². The van der Waals surface area contributed by atoms with Crippen LogP contribution in [-0.2, 0) is 9.59 Å². The van der Waals surface area contributed by atoms with E-state index < -0.39 is 0 Å². The molecule has 3 aromatic rings. The Labute approximate surface area is 176 Å². The van der Waals surface area contributed by atoms with Gasteiger partial charge in [0.05, 0.1) is 12.2 Å². The van der Waals surface area contributed by atoms with Crippen molar-refractivity contribution in [2.45, 2.75) is 13.8 Å². The molecule has 152 valence electrons. The van der Waals surface area contributed by atoms with Crippen LogP contribution in [0.15, 0.2) is 72.4 Å². The number of anilines is 1. The monoisotopic (exact) mass is 400 g/mol. The molecule has 0 bridgehead atoms. The Morgan fingerprint density at radius 3 is 2.33 bits per heavy atom. The van der Waals surface area contributed by atoms with Crippen molar-refractivity contribution in [1.29, 1.82) is 0 Å². The van der Waals surface area contributed by atoms with Crippen LogP contribution < -0.4 is 10.1 Å². The molecule has 0 aromatic heterocycles. The summed E-state index contributed by atoms with van der Waals surface area (Å²) in [7, 11) is 1.50. The number of amides is 2. The van der Waals surface area contributed by atoms with Gasteiger partial charge in [0.15, 0.2) is 0 Å². The molecule has 0 radical (unpaired) electrons. The summed E-state index contributed by atoms with van der Waals surface area (Å²) in [6.07, 6.45) is 0. The highest BCUT2D eigenvalue weighted by molar-refractivity contribution is 6.36. The lowest BCUT2D eigenvalue weighted by Gasteiger charge is -2.12. The molecule has 1 heterocycles. The zero-order valence-electron chi connectivity index (χ0n) is 17.3. The first-order valence-corrected chi connectivity index (χ1v) is 10.0. The number of carbonyl (C=O) groups is 2. The number of ether oxygens (including phenoxy) is 1. The molecule has 0 atom stereocenters. The minimum Gasteiger partial charge on any atom is -0.493 e. The number of imide groups is 1. The van der Waals surface area contributed by atoms with E-state index in [0.29, 0.717) is 23.7 Å². The van der Waals surface area contributed by atoms with Crippen LogP contribution in [0.3, 0.4) is 0 Å². The van der Waals surface area contributed by atoms with Gasteiger partial charge in [0, 0.05) is 18.1 Å². The molecule has 4 rings (SSSR count). The molecule has 2 amide bonds. The maximum Gasteiger partial charge on any atom is 0.277 e. The topological polar surface area (TPSA) is 58.6 Å². The van der Waals surface area contributed by atoms with Gasteiger partial charge < -0.3 is 10.1 Å². The highest BCUT2D eigenvalue weighted by Crippen LogP contribution is 2.32. The minimum atomic E-state index is -0.344. The summed E-state index contributed by atoms with van der Waals surface area (Å²) in [5.41, 5.74) is 2.12. The van der Waals surface area contributed by atoms with Crippen molar-refractivity contribution in [2.24, 2.45) is 5.92 Å². The number of rotatable bonds is 6. The molecule has 1 aliphatic rings. The predicted molar refractivity (Wildman–Crippen MR) is 119 cm³/mol. The zero-order chi connectivity index (χ0) is 21.3. The van der Waals surface area contributed by atoms with Gasteiger partial charge in [-0.2, -0.15) is 0 Å². The first-order chi connectivity index (χ1) is 14.5. The average molecular weight is 400 g/mol. The van der Waals surface area contributed by atoms with Crippen LogP contribution in [0, 0.1) is 5.92 Å². The Bertz CT molecular complexity index is 1140. The second-order valence-electron chi connectivity index (χ2n) is 7.80. The summed E-state index contributed by atoms with van der Waals surface area (Å²) >= 11 is 0. The Morgan fingerprint density at radius 2 is 1.60 bits per heavy atom. The minimum absolute atomic E-state index is 0.287. The highest BCUT2D eigenvalue weighted by atomic mass is 16.5. The fourth-order valence-corrected chi connectivity index (χ4v) is 3.48. The van der Waals surface area contributed by atoms with Crippen LogP contribution in [0.2, 0.25) is 0 Å². The molecule has 0 saturated carbocycles. The van der Waals surface area contributed by atoms with E-state index in [4.69, 9.17) is 4.74 Å². The third kappa shape index (κ3) is 3.66. The number of nitrogens with zero attached hydrogens (tertiary/aromatic N) is 1. The van der Waals surface area contributed by atoms with Gasteiger partial charge in [0.1, 0.15) is 11.4 Å². The van der Waals surface area contributed by atoms with Crippen LogP contribution in [0.1, 0.15) is 19.4 Å². The SMILES string of the molecule is CC(C)COc1ccc(C2=C(Nc3cccc4ccccc34)C(=O)N(C)C2=O)cc1. The van der Waals surface area contributed by atoms with Crippen molar-refractivity contribution in [1.82, 2.24) is 4.90 Å². The van der Waals surface area contributed by atoms with E-state index in [-0.39, 0.29) is 17.5 Å². The second kappa shape index (κ2) is 8.03. The van der Waals surface area contributed by atoms with Crippen LogP contribution in [-0.4, -0.2) is 30.4 Å². The Balaban J connectivity index is 1.73. The van der Waals surface area contributed by atoms with E-state index in [0.717, 1.165) is 27.1 Å². The van der Waals surface area contributed by atoms with Crippen molar-refractivity contribution >= 4 is 33.8 Å². The van der Waals surface area contributed by atoms with Crippen LogP contribution in [0.5, 0.6) is 5.75 Å². The summed E-state index contributed by atoms with van der Waals surface area (Å²) in [6.45, 7) is 4.79. The third-order valence-corrected chi connectivity index (χ3v) is 5.06. The summed E-state index contributed by atoms with van der Waals surface area (Å²) < 4.78 is 5.73. The zero-order valence-corrected chi connectivity index (χ0v) is 17.3. The molecule has 0 fully saturated rings. The van der Waals surface area contributed by atoms with Crippen molar-refractivity contribution in [3.63, 3.8) is 0 Å². The lowest BCUT2D eigenvalue weighted by atomic mass is 10.0. The number of likely N-dealkylation sites (N-methyl/N-ethyl adjacent to an activating group) is 1. The molecule has 1 aliphatic heterocycles. The number of nitrogens with one attached hydrogen (secondary N) is 1. The van der Waals surface area contributed by atoms with E-state index in [1.807, 2.05) is 66.7 Å². The normalized spacial score (nSPS) is 14.2. The van der Waals surface area contributed by atoms with Crippen LogP contribution >= 0.6 is 0 Å². The van der Waals surface area contributed by atoms with E-state index in [1.165, 1.54) is 7.05 Å². The van der Waals surface area contributed by atoms with Crippen molar-refractivity contribution in [3.05, 3.63) is 78.0 Å². The van der Waals surface area contributed by atoms with E-state index >= 15 is 0 Å². The van der Waals surface area contributed by atoms with Crippen LogP contribution in [0.4, 0.5) is 5.69 Å². The molecule has 0 saturated heterocycles. The van der Waals surface area contributed by atoms with Gasteiger partial charge in [-0.25, -0.2) is 0 Å². The summed E-state index contributed by atoms with van der Waals surface area (Å²) in [4.78, 5) is 26.8. The lowest BCUT2D eigenvalue weighted by Crippen LogP contribution is -2.27. The Hall–Kier alpha value is -3.60. The van der Waals surface area contributed by atoms with Gasteiger partial charge in [0.2, 0.25) is 0 Å². The van der Waals surface area contributed by atoms with Crippen molar-refractivity contribution < 1.29 is 14.3 Å². The maximum absolute atomic E-state index is 12.9. The third-order valence-electron chi connectivity index (χ3n) is 5.06. The largest absolute Gasteiger partial charge is 0.493 e. The standard InChI is InChI=1S/C25H24N2O3/c1-16(2)15-30-19-13-11-18(12-14-19)22-23(25(29)27(3)24(22)28)26-21-10-6-8-17-7-4-5-9-20(17)21/h4-14,16,26H,15H2,1-3H3. The molecular formula is C25H24N2O3. The van der Waals surface area contributed by atoms with E-state index in [9.17, 15) is 9.59 Å². The molecule has 3 aromatic carbocycles. The summed E-state index contributed by atoms with van der Waals surface area (Å²) in [5, 5.41) is 5.28. The number of benzene rings is 3. The smallest absolute Gasteiger partial charge is 0.277 e. The molecule has 0 spiro atoms. The van der Waals surface area contributed by atoms with Gasteiger partial charge >= 0.3 is 0 Å². The molecular weight excluding hydrogens is 376 g/mol. The number of hydrogen-bond donors (Lipinski definition) is 1. The highest BCUT2D eigenvalue weighted by Gasteiger charge is 2.36. The van der Waals surface area contributed by atoms with Crippen molar-refractivity contribution in [3.8, 4) is 5.75 Å². The van der Waals surface area contributed by atoms with Gasteiger partial charge in [-0.15, -0.1) is 0 Å². The number of hydrogen-bond acceptors (Lipinski definition) is 4.